The highest BCUT2D eigenvalue weighted by Crippen LogP contribution is 2.21. The van der Waals surface area contributed by atoms with Crippen molar-refractivity contribution in [1.82, 2.24) is 4.90 Å². The summed E-state index contributed by atoms with van der Waals surface area (Å²) in [5.74, 6) is 0.101. The lowest BCUT2D eigenvalue weighted by Gasteiger charge is -2.23. The number of nitrogens with zero attached hydrogens (tertiary/aromatic N) is 1. The zero-order valence-electron chi connectivity index (χ0n) is 11.0. The fraction of sp³-hybridized carbons (Fsp3) is 0.462. The van der Waals surface area contributed by atoms with Crippen LogP contribution in [0.15, 0.2) is 18.2 Å². The predicted octanol–water partition coefficient (Wildman–Crippen LogP) is 0.960. The van der Waals surface area contributed by atoms with Crippen molar-refractivity contribution in [3.05, 3.63) is 29.3 Å². The van der Waals surface area contributed by atoms with Crippen molar-refractivity contribution in [3.8, 4) is 5.75 Å². The molecule has 1 aliphatic rings. The van der Waals surface area contributed by atoms with Gasteiger partial charge in [0.05, 0.1) is 11.5 Å². The van der Waals surface area contributed by atoms with Gasteiger partial charge in [-0.1, -0.05) is 0 Å². The van der Waals surface area contributed by atoms with Crippen molar-refractivity contribution in [2.24, 2.45) is 0 Å². The number of carbonyl (C=O) groups excluding carboxylic acids is 1. The molecule has 1 unspecified atom stereocenters. The fourth-order valence-electron chi connectivity index (χ4n) is 2.24. The molecule has 19 heavy (non-hydrogen) atoms. The molecule has 1 amide bonds. The fourth-order valence-corrected chi connectivity index (χ4v) is 4.01. The summed E-state index contributed by atoms with van der Waals surface area (Å²) in [4.78, 5) is 13.7. The van der Waals surface area contributed by atoms with E-state index in [1.54, 1.807) is 26.1 Å². The van der Waals surface area contributed by atoms with Crippen LogP contribution in [-0.2, 0) is 9.84 Å². The van der Waals surface area contributed by atoms with Gasteiger partial charge in [0.1, 0.15) is 5.75 Å². The summed E-state index contributed by atoms with van der Waals surface area (Å²) >= 11 is 0. The monoisotopic (exact) mass is 283 g/mol. The number of sulfone groups is 1. The number of rotatable bonds is 2. The van der Waals surface area contributed by atoms with Crippen LogP contribution in [0.2, 0.25) is 0 Å². The van der Waals surface area contributed by atoms with Crippen molar-refractivity contribution in [2.75, 3.05) is 18.6 Å². The number of hydrogen-bond acceptors (Lipinski definition) is 4. The van der Waals surface area contributed by atoms with Crippen LogP contribution >= 0.6 is 0 Å². The highest BCUT2D eigenvalue weighted by Gasteiger charge is 2.33. The smallest absolute Gasteiger partial charge is 0.253 e. The molecule has 5 nitrogen and oxygen atoms in total. The number of hydrogen-bond donors (Lipinski definition) is 1. The Labute approximate surface area is 112 Å². The first-order valence-corrected chi connectivity index (χ1v) is 7.89. The molecular formula is C13H17NO4S. The van der Waals surface area contributed by atoms with Crippen LogP contribution in [0.3, 0.4) is 0 Å². The van der Waals surface area contributed by atoms with E-state index >= 15 is 0 Å². The van der Waals surface area contributed by atoms with Gasteiger partial charge in [0.25, 0.3) is 5.91 Å². The highest BCUT2D eigenvalue weighted by molar-refractivity contribution is 7.91. The second kappa shape index (κ2) is 4.85. The van der Waals surface area contributed by atoms with E-state index in [9.17, 15) is 18.3 Å². The number of carbonyl (C=O) groups is 1. The van der Waals surface area contributed by atoms with Crippen LogP contribution in [0.4, 0.5) is 0 Å². The van der Waals surface area contributed by atoms with Gasteiger partial charge in [0.15, 0.2) is 9.84 Å². The average molecular weight is 283 g/mol. The summed E-state index contributed by atoms with van der Waals surface area (Å²) in [5, 5.41) is 9.44. The minimum Gasteiger partial charge on any atom is -0.508 e. The van der Waals surface area contributed by atoms with Gasteiger partial charge in [0.2, 0.25) is 0 Å². The van der Waals surface area contributed by atoms with E-state index < -0.39 is 9.84 Å². The molecule has 1 aliphatic heterocycles. The Morgan fingerprint density at radius 1 is 1.42 bits per heavy atom. The Hall–Kier alpha value is -1.56. The molecule has 2 rings (SSSR count). The van der Waals surface area contributed by atoms with Crippen LogP contribution in [0.5, 0.6) is 5.75 Å². The lowest BCUT2D eigenvalue weighted by Crippen LogP contribution is -2.37. The van der Waals surface area contributed by atoms with E-state index in [2.05, 4.69) is 0 Å². The number of phenolic OH excluding ortho intramolecular Hbond substituents is 1. The molecule has 0 radical (unpaired) electrons. The standard InChI is InChI=1S/C13H17NO4S/c1-9-7-10(3-4-12(9)15)13(16)14(2)11-5-6-19(17,18)8-11/h3-4,7,11,15H,5-6,8H2,1-2H3. The van der Waals surface area contributed by atoms with E-state index in [0.29, 0.717) is 17.5 Å². The summed E-state index contributed by atoms with van der Waals surface area (Å²) in [6.45, 7) is 1.71. The second-order valence-corrected chi connectivity index (χ2v) is 7.20. The first-order valence-electron chi connectivity index (χ1n) is 6.07. The van der Waals surface area contributed by atoms with Gasteiger partial charge in [-0.3, -0.25) is 4.79 Å². The maximum absolute atomic E-state index is 12.3. The Bertz CT molecular complexity index is 609. The molecule has 0 aromatic heterocycles. The van der Waals surface area contributed by atoms with Gasteiger partial charge in [-0.05, 0) is 37.1 Å². The Balaban J connectivity index is 2.17. The molecule has 0 aliphatic carbocycles. The third kappa shape index (κ3) is 2.89. The molecule has 0 bridgehead atoms. The largest absolute Gasteiger partial charge is 0.508 e. The molecule has 1 atom stereocenters. The number of amides is 1. The quantitative estimate of drug-likeness (QED) is 0.877. The van der Waals surface area contributed by atoms with Crippen molar-refractivity contribution in [3.63, 3.8) is 0 Å². The minimum absolute atomic E-state index is 0.0340. The Morgan fingerprint density at radius 2 is 2.11 bits per heavy atom. The summed E-state index contributed by atoms with van der Waals surface area (Å²) < 4.78 is 22.9. The average Bonchev–Trinajstić information content (AvgIpc) is 2.71. The zero-order valence-corrected chi connectivity index (χ0v) is 11.8. The van der Waals surface area contributed by atoms with Crippen LogP contribution in [0.1, 0.15) is 22.3 Å². The topological polar surface area (TPSA) is 74.7 Å². The zero-order chi connectivity index (χ0) is 14.2. The molecule has 0 spiro atoms. The molecular weight excluding hydrogens is 266 g/mol. The van der Waals surface area contributed by atoms with Gasteiger partial charge in [-0.2, -0.15) is 0 Å². The predicted molar refractivity (Wildman–Crippen MR) is 72.0 cm³/mol. The van der Waals surface area contributed by atoms with Gasteiger partial charge in [0, 0.05) is 18.7 Å². The molecule has 6 heteroatoms. The molecule has 0 saturated carbocycles. The first-order chi connectivity index (χ1) is 8.80. The number of aromatic hydroxyl groups is 1. The second-order valence-electron chi connectivity index (χ2n) is 4.97. The lowest BCUT2D eigenvalue weighted by molar-refractivity contribution is 0.0747. The van der Waals surface area contributed by atoms with E-state index in [1.807, 2.05) is 0 Å². The summed E-state index contributed by atoms with van der Waals surface area (Å²) in [7, 11) is -1.38. The van der Waals surface area contributed by atoms with Crippen LogP contribution in [-0.4, -0.2) is 48.9 Å². The summed E-state index contributed by atoms with van der Waals surface area (Å²) in [5.41, 5.74) is 1.08. The van der Waals surface area contributed by atoms with Crippen molar-refractivity contribution >= 4 is 15.7 Å². The first kappa shape index (κ1) is 13.9. The van der Waals surface area contributed by atoms with E-state index in [-0.39, 0.29) is 29.2 Å². The molecule has 1 aromatic rings. The van der Waals surface area contributed by atoms with Crippen LogP contribution in [0, 0.1) is 6.92 Å². The van der Waals surface area contributed by atoms with Gasteiger partial charge in [-0.15, -0.1) is 0 Å². The number of aryl methyl sites for hydroxylation is 1. The maximum Gasteiger partial charge on any atom is 0.253 e. The van der Waals surface area contributed by atoms with Crippen LogP contribution < -0.4 is 0 Å². The molecule has 1 fully saturated rings. The van der Waals surface area contributed by atoms with E-state index in [4.69, 9.17) is 0 Å². The van der Waals surface area contributed by atoms with Crippen LogP contribution in [0.25, 0.3) is 0 Å². The Kier molecular flexibility index (Phi) is 3.54. The van der Waals surface area contributed by atoms with Gasteiger partial charge >= 0.3 is 0 Å². The molecule has 1 saturated heterocycles. The van der Waals surface area contributed by atoms with Crippen molar-refractivity contribution < 1.29 is 18.3 Å². The normalized spacial score (nSPS) is 21.3. The number of phenols is 1. The molecule has 1 N–H and O–H groups in total. The van der Waals surface area contributed by atoms with Crippen molar-refractivity contribution in [1.29, 1.82) is 0 Å². The molecule has 1 aromatic carbocycles. The van der Waals surface area contributed by atoms with Gasteiger partial charge < -0.3 is 10.0 Å². The van der Waals surface area contributed by atoms with Gasteiger partial charge in [-0.25, -0.2) is 8.42 Å². The molecule has 104 valence electrons. The van der Waals surface area contributed by atoms with Crippen molar-refractivity contribution in [2.45, 2.75) is 19.4 Å². The Morgan fingerprint density at radius 3 is 2.63 bits per heavy atom. The summed E-state index contributed by atoms with van der Waals surface area (Å²) in [6.07, 6.45) is 0.488. The minimum atomic E-state index is -3.00. The lowest BCUT2D eigenvalue weighted by atomic mass is 10.1. The third-order valence-corrected chi connectivity index (χ3v) is 5.27. The summed E-state index contributed by atoms with van der Waals surface area (Å²) in [6, 6.07) is 4.37. The number of benzene rings is 1. The maximum atomic E-state index is 12.3. The van der Waals surface area contributed by atoms with E-state index in [1.165, 1.54) is 11.0 Å². The van der Waals surface area contributed by atoms with E-state index in [0.717, 1.165) is 0 Å². The molecule has 1 heterocycles. The highest BCUT2D eigenvalue weighted by atomic mass is 32.2. The SMILES string of the molecule is Cc1cc(C(=O)N(C)C2CCS(=O)(=O)C2)ccc1O. The third-order valence-electron chi connectivity index (χ3n) is 3.52.